The molecule has 2 aliphatic heterocycles. The highest BCUT2D eigenvalue weighted by molar-refractivity contribution is 9.10. The highest BCUT2D eigenvalue weighted by Gasteiger charge is 2.42. The zero-order chi connectivity index (χ0) is 12.8. The second-order valence-electron chi connectivity index (χ2n) is 5.72. The van der Waals surface area contributed by atoms with Crippen molar-refractivity contribution in [1.29, 1.82) is 0 Å². The van der Waals surface area contributed by atoms with E-state index < -0.39 is 5.60 Å². The maximum atomic E-state index is 13.3. The highest BCUT2D eigenvalue weighted by Crippen LogP contribution is 2.36. The van der Waals surface area contributed by atoms with E-state index in [2.05, 4.69) is 21.2 Å². The first-order chi connectivity index (χ1) is 8.52. The van der Waals surface area contributed by atoms with Crippen LogP contribution in [-0.4, -0.2) is 22.8 Å². The molecule has 2 heterocycles. The molecule has 1 aromatic rings. The summed E-state index contributed by atoms with van der Waals surface area (Å²) in [6.07, 6.45) is 4.40. The number of fused-ring (bicyclic) bond motifs is 2. The Balaban J connectivity index is 1.79. The molecule has 0 spiro atoms. The molecule has 1 aromatic carbocycles. The van der Waals surface area contributed by atoms with Crippen molar-refractivity contribution in [2.45, 2.75) is 49.8 Å². The Morgan fingerprint density at radius 1 is 1.28 bits per heavy atom. The first kappa shape index (κ1) is 12.6. The molecule has 18 heavy (non-hydrogen) atoms. The molecule has 2 fully saturated rings. The summed E-state index contributed by atoms with van der Waals surface area (Å²) in [6.45, 7) is 0. The Bertz CT molecular complexity index is 433. The molecule has 3 rings (SSSR count). The summed E-state index contributed by atoms with van der Waals surface area (Å²) in [7, 11) is 0. The first-order valence-electron chi connectivity index (χ1n) is 6.46. The fraction of sp³-hybridized carbons (Fsp3) is 0.571. The Kier molecular flexibility index (Phi) is 3.20. The standard InChI is InChI=1S/C14H17BrFNO/c15-10-3-9(4-11(16)5-10)6-14(18)7-12-1-2-13(8-14)17-12/h3-5,12-13,17-18H,1-2,6-8H2. The zero-order valence-corrected chi connectivity index (χ0v) is 11.7. The van der Waals surface area contributed by atoms with Crippen LogP contribution in [0.25, 0.3) is 0 Å². The van der Waals surface area contributed by atoms with E-state index in [0.29, 0.717) is 18.5 Å². The van der Waals surface area contributed by atoms with Crippen LogP contribution in [-0.2, 0) is 6.42 Å². The molecule has 98 valence electrons. The average molecular weight is 314 g/mol. The number of halogens is 2. The second-order valence-corrected chi connectivity index (χ2v) is 6.64. The van der Waals surface area contributed by atoms with E-state index in [1.54, 1.807) is 0 Å². The van der Waals surface area contributed by atoms with Crippen molar-refractivity contribution in [3.8, 4) is 0 Å². The number of benzene rings is 1. The molecule has 2 N–H and O–H groups in total. The second kappa shape index (κ2) is 4.58. The third kappa shape index (κ3) is 2.60. The summed E-state index contributed by atoms with van der Waals surface area (Å²) in [4.78, 5) is 0. The van der Waals surface area contributed by atoms with Gasteiger partial charge in [-0.3, -0.25) is 0 Å². The lowest BCUT2D eigenvalue weighted by Crippen LogP contribution is -2.49. The number of nitrogens with one attached hydrogen (secondary N) is 1. The van der Waals surface area contributed by atoms with Gasteiger partial charge in [0.15, 0.2) is 0 Å². The third-order valence-corrected chi connectivity index (χ3v) is 4.50. The largest absolute Gasteiger partial charge is 0.389 e. The summed E-state index contributed by atoms with van der Waals surface area (Å²) in [5.74, 6) is -0.250. The molecule has 2 saturated heterocycles. The lowest BCUT2D eigenvalue weighted by Gasteiger charge is -2.37. The minimum absolute atomic E-state index is 0.250. The van der Waals surface area contributed by atoms with E-state index in [4.69, 9.17) is 0 Å². The van der Waals surface area contributed by atoms with Crippen LogP contribution in [0.15, 0.2) is 22.7 Å². The maximum absolute atomic E-state index is 13.3. The highest BCUT2D eigenvalue weighted by atomic mass is 79.9. The predicted octanol–water partition coefficient (Wildman–Crippen LogP) is 2.78. The SMILES string of the molecule is OC1(Cc2cc(F)cc(Br)c2)CC2CCC(C1)N2. The molecule has 0 radical (unpaired) electrons. The summed E-state index contributed by atoms with van der Waals surface area (Å²) < 4.78 is 14.1. The molecule has 0 aromatic heterocycles. The van der Waals surface area contributed by atoms with Crippen LogP contribution in [0.4, 0.5) is 4.39 Å². The third-order valence-electron chi connectivity index (χ3n) is 4.04. The number of hydrogen-bond acceptors (Lipinski definition) is 2. The van der Waals surface area contributed by atoms with E-state index in [1.807, 2.05) is 6.07 Å². The molecule has 2 aliphatic rings. The van der Waals surface area contributed by atoms with Crippen molar-refractivity contribution in [3.05, 3.63) is 34.1 Å². The van der Waals surface area contributed by atoms with Gasteiger partial charge in [0.25, 0.3) is 0 Å². The van der Waals surface area contributed by atoms with E-state index in [-0.39, 0.29) is 5.82 Å². The van der Waals surface area contributed by atoms with Crippen molar-refractivity contribution in [2.24, 2.45) is 0 Å². The van der Waals surface area contributed by atoms with Crippen molar-refractivity contribution < 1.29 is 9.50 Å². The van der Waals surface area contributed by atoms with Crippen LogP contribution >= 0.6 is 15.9 Å². The maximum Gasteiger partial charge on any atom is 0.124 e. The normalized spacial score (nSPS) is 34.8. The van der Waals surface area contributed by atoms with Gasteiger partial charge >= 0.3 is 0 Å². The van der Waals surface area contributed by atoms with Crippen molar-refractivity contribution in [1.82, 2.24) is 5.32 Å². The lowest BCUT2D eigenvalue weighted by atomic mass is 9.82. The summed E-state index contributed by atoms with van der Waals surface area (Å²) in [5.41, 5.74) is 0.190. The molecule has 2 bridgehead atoms. The van der Waals surface area contributed by atoms with E-state index >= 15 is 0 Å². The van der Waals surface area contributed by atoms with Gasteiger partial charge in [0.05, 0.1) is 5.60 Å². The average Bonchev–Trinajstić information content (AvgIpc) is 2.56. The zero-order valence-electron chi connectivity index (χ0n) is 10.1. The molecule has 2 atom stereocenters. The number of aliphatic hydroxyl groups is 1. The van der Waals surface area contributed by atoms with Crippen LogP contribution in [0, 0.1) is 5.82 Å². The Morgan fingerprint density at radius 3 is 2.56 bits per heavy atom. The topological polar surface area (TPSA) is 32.3 Å². The minimum Gasteiger partial charge on any atom is -0.389 e. The molecule has 0 saturated carbocycles. The minimum atomic E-state index is -0.676. The number of piperidine rings is 1. The predicted molar refractivity (Wildman–Crippen MR) is 71.9 cm³/mol. The van der Waals surface area contributed by atoms with Crippen molar-refractivity contribution in [3.63, 3.8) is 0 Å². The molecule has 0 aliphatic carbocycles. The van der Waals surface area contributed by atoms with E-state index in [1.165, 1.54) is 12.1 Å². The molecular formula is C14H17BrFNO. The van der Waals surface area contributed by atoms with Gasteiger partial charge in [-0.25, -0.2) is 4.39 Å². The Morgan fingerprint density at radius 2 is 1.94 bits per heavy atom. The lowest BCUT2D eigenvalue weighted by molar-refractivity contribution is -0.00613. The van der Waals surface area contributed by atoms with E-state index in [9.17, 15) is 9.50 Å². The quantitative estimate of drug-likeness (QED) is 0.880. The number of rotatable bonds is 2. The summed E-state index contributed by atoms with van der Waals surface area (Å²) >= 11 is 3.30. The fourth-order valence-corrected chi connectivity index (χ4v) is 3.98. The first-order valence-corrected chi connectivity index (χ1v) is 7.25. The van der Waals surface area contributed by atoms with Gasteiger partial charge in [0, 0.05) is 23.0 Å². The molecule has 2 nitrogen and oxygen atoms in total. The smallest absolute Gasteiger partial charge is 0.124 e. The Labute approximate surface area is 115 Å². The van der Waals surface area contributed by atoms with Gasteiger partial charge in [-0.05, 0) is 49.4 Å². The molecule has 2 unspecified atom stereocenters. The summed E-state index contributed by atoms with van der Waals surface area (Å²) in [5, 5.41) is 14.2. The van der Waals surface area contributed by atoms with Gasteiger partial charge in [-0.2, -0.15) is 0 Å². The fourth-order valence-electron chi connectivity index (χ4n) is 3.46. The van der Waals surface area contributed by atoms with Gasteiger partial charge in [0.2, 0.25) is 0 Å². The van der Waals surface area contributed by atoms with Crippen molar-refractivity contribution >= 4 is 15.9 Å². The number of hydrogen-bond donors (Lipinski definition) is 2. The van der Waals surface area contributed by atoms with Crippen LogP contribution < -0.4 is 5.32 Å². The van der Waals surface area contributed by atoms with Crippen LogP contribution in [0.3, 0.4) is 0 Å². The molecular weight excluding hydrogens is 297 g/mol. The van der Waals surface area contributed by atoms with Crippen LogP contribution in [0.1, 0.15) is 31.2 Å². The van der Waals surface area contributed by atoms with Crippen LogP contribution in [0.2, 0.25) is 0 Å². The summed E-state index contributed by atoms with van der Waals surface area (Å²) in [6, 6.07) is 5.73. The molecule has 0 amide bonds. The van der Waals surface area contributed by atoms with E-state index in [0.717, 1.165) is 35.7 Å². The molecule has 4 heteroatoms. The van der Waals surface area contributed by atoms with Gasteiger partial charge in [-0.1, -0.05) is 15.9 Å². The van der Waals surface area contributed by atoms with Crippen molar-refractivity contribution in [2.75, 3.05) is 0 Å². The van der Waals surface area contributed by atoms with Gasteiger partial charge in [0.1, 0.15) is 5.82 Å². The Hall–Kier alpha value is -0.450. The van der Waals surface area contributed by atoms with Gasteiger partial charge in [-0.15, -0.1) is 0 Å². The van der Waals surface area contributed by atoms with Gasteiger partial charge < -0.3 is 10.4 Å². The van der Waals surface area contributed by atoms with Crippen LogP contribution in [0.5, 0.6) is 0 Å². The monoisotopic (exact) mass is 313 g/mol.